The molecule has 1 aliphatic rings. The Kier molecular flexibility index (Phi) is 6.94. The molecule has 0 saturated carbocycles. The van der Waals surface area contributed by atoms with Crippen LogP contribution in [0.25, 0.3) is 0 Å². The van der Waals surface area contributed by atoms with E-state index in [1.54, 1.807) is 18.4 Å². The van der Waals surface area contributed by atoms with Gasteiger partial charge in [0.1, 0.15) is 5.00 Å². The lowest BCUT2D eigenvalue weighted by molar-refractivity contribution is -0.117. The first kappa shape index (κ1) is 19.8. The number of esters is 1. The Morgan fingerprint density at radius 2 is 2.04 bits per heavy atom. The molecule has 2 rings (SSSR count). The summed E-state index contributed by atoms with van der Waals surface area (Å²) in [5.74, 6) is -0.696. The van der Waals surface area contributed by atoms with Crippen LogP contribution in [-0.2, 0) is 19.6 Å². The Labute approximate surface area is 151 Å². The number of hydrogen-bond donors (Lipinski definition) is 1. The van der Waals surface area contributed by atoms with Crippen molar-refractivity contribution < 1.29 is 22.7 Å². The highest BCUT2D eigenvalue weighted by molar-refractivity contribution is 7.88. The number of thiophene rings is 1. The summed E-state index contributed by atoms with van der Waals surface area (Å²) in [6.45, 7) is 4.13. The summed E-state index contributed by atoms with van der Waals surface area (Å²) < 4.78 is 29.6. The van der Waals surface area contributed by atoms with Gasteiger partial charge in [-0.15, -0.1) is 11.3 Å². The molecule has 10 heteroatoms. The maximum Gasteiger partial charge on any atom is 0.341 e. The molecule has 25 heavy (non-hydrogen) atoms. The van der Waals surface area contributed by atoms with E-state index in [4.69, 9.17) is 4.74 Å². The predicted octanol–water partition coefficient (Wildman–Crippen LogP) is 0.831. The van der Waals surface area contributed by atoms with Crippen molar-refractivity contribution in [2.45, 2.75) is 13.3 Å². The number of rotatable bonds is 6. The normalized spacial score (nSPS) is 17.0. The monoisotopic (exact) mass is 389 g/mol. The molecule has 1 aromatic heterocycles. The van der Waals surface area contributed by atoms with Crippen molar-refractivity contribution in [1.29, 1.82) is 0 Å². The lowest BCUT2D eigenvalue weighted by Gasteiger charge is -2.20. The van der Waals surface area contributed by atoms with E-state index in [9.17, 15) is 18.0 Å². The van der Waals surface area contributed by atoms with Crippen molar-refractivity contribution in [2.75, 3.05) is 50.9 Å². The van der Waals surface area contributed by atoms with Gasteiger partial charge in [-0.1, -0.05) is 0 Å². The summed E-state index contributed by atoms with van der Waals surface area (Å²) in [6.07, 6.45) is 1.87. The molecule has 0 spiro atoms. The molecule has 1 aliphatic heterocycles. The van der Waals surface area contributed by atoms with Gasteiger partial charge in [0.25, 0.3) is 0 Å². The molecule has 0 atom stereocenters. The van der Waals surface area contributed by atoms with Gasteiger partial charge in [0.15, 0.2) is 0 Å². The summed E-state index contributed by atoms with van der Waals surface area (Å²) in [5.41, 5.74) is 0.347. The van der Waals surface area contributed by atoms with Gasteiger partial charge in [-0.25, -0.2) is 17.5 Å². The average molecular weight is 389 g/mol. The van der Waals surface area contributed by atoms with Gasteiger partial charge in [-0.05, 0) is 31.3 Å². The number of amides is 1. The maximum absolute atomic E-state index is 12.3. The van der Waals surface area contributed by atoms with E-state index in [0.29, 0.717) is 43.2 Å². The van der Waals surface area contributed by atoms with Gasteiger partial charge in [0.05, 0.1) is 25.0 Å². The SMILES string of the molecule is CCOC(=O)c1ccsc1NC(=O)CN1CCCN(S(C)(=O)=O)CC1. The number of carbonyl (C=O) groups excluding carboxylic acids is 2. The molecule has 1 aromatic rings. The molecular formula is C15H23N3O5S2. The standard InChI is InChI=1S/C15H23N3O5S2/c1-3-23-15(20)12-5-10-24-14(12)16-13(19)11-17-6-4-7-18(9-8-17)25(2,21)22/h5,10H,3-4,6-9,11H2,1-2H3,(H,16,19). The highest BCUT2D eigenvalue weighted by Gasteiger charge is 2.23. The van der Waals surface area contributed by atoms with Crippen molar-refractivity contribution in [3.63, 3.8) is 0 Å². The van der Waals surface area contributed by atoms with Crippen LogP contribution in [0.5, 0.6) is 0 Å². The molecule has 1 amide bonds. The molecule has 0 aliphatic carbocycles. The number of anilines is 1. The van der Waals surface area contributed by atoms with E-state index in [-0.39, 0.29) is 19.1 Å². The van der Waals surface area contributed by atoms with Crippen LogP contribution < -0.4 is 5.32 Å². The van der Waals surface area contributed by atoms with Crippen LogP contribution in [-0.4, -0.2) is 75.1 Å². The van der Waals surface area contributed by atoms with Crippen LogP contribution in [0.1, 0.15) is 23.7 Å². The molecule has 0 aromatic carbocycles. The minimum Gasteiger partial charge on any atom is -0.462 e. The van der Waals surface area contributed by atoms with Crippen LogP contribution in [0.15, 0.2) is 11.4 Å². The number of nitrogens with zero attached hydrogens (tertiary/aromatic N) is 2. The van der Waals surface area contributed by atoms with Gasteiger partial charge in [-0.2, -0.15) is 0 Å². The fourth-order valence-corrected chi connectivity index (χ4v) is 4.25. The van der Waals surface area contributed by atoms with E-state index in [0.717, 1.165) is 0 Å². The largest absolute Gasteiger partial charge is 0.462 e. The molecule has 1 fully saturated rings. The molecule has 1 N–H and O–H groups in total. The Morgan fingerprint density at radius 1 is 1.28 bits per heavy atom. The molecule has 140 valence electrons. The lowest BCUT2D eigenvalue weighted by atomic mass is 10.3. The number of ether oxygens (including phenoxy) is 1. The molecule has 0 radical (unpaired) electrons. The number of hydrogen-bond acceptors (Lipinski definition) is 7. The minimum atomic E-state index is -3.21. The molecule has 1 saturated heterocycles. The fourth-order valence-electron chi connectivity index (χ4n) is 2.58. The summed E-state index contributed by atoms with van der Waals surface area (Å²) in [7, 11) is -3.21. The van der Waals surface area contributed by atoms with E-state index in [1.807, 2.05) is 4.90 Å². The first-order chi connectivity index (χ1) is 11.8. The Balaban J connectivity index is 1.91. The van der Waals surface area contributed by atoms with E-state index in [1.165, 1.54) is 21.9 Å². The lowest BCUT2D eigenvalue weighted by Crippen LogP contribution is -2.37. The van der Waals surface area contributed by atoms with Gasteiger partial charge in [-0.3, -0.25) is 9.69 Å². The number of sulfonamides is 1. The topological polar surface area (TPSA) is 96.0 Å². The molecule has 8 nitrogen and oxygen atoms in total. The van der Waals surface area contributed by atoms with E-state index in [2.05, 4.69) is 5.32 Å². The third-order valence-corrected chi connectivity index (χ3v) is 5.93. The molecule has 0 unspecified atom stereocenters. The fraction of sp³-hybridized carbons (Fsp3) is 0.600. The van der Waals surface area contributed by atoms with Crippen LogP contribution in [0.2, 0.25) is 0 Å². The van der Waals surface area contributed by atoms with E-state index >= 15 is 0 Å². The molecular weight excluding hydrogens is 366 g/mol. The van der Waals surface area contributed by atoms with Crippen molar-refractivity contribution in [1.82, 2.24) is 9.21 Å². The van der Waals surface area contributed by atoms with Crippen LogP contribution >= 0.6 is 11.3 Å². The van der Waals surface area contributed by atoms with Crippen LogP contribution in [0, 0.1) is 0 Å². The van der Waals surface area contributed by atoms with Gasteiger partial charge in [0, 0.05) is 19.6 Å². The minimum absolute atomic E-state index is 0.151. The van der Waals surface area contributed by atoms with Crippen molar-refractivity contribution in [3.05, 3.63) is 17.0 Å². The Hall–Kier alpha value is -1.49. The van der Waals surface area contributed by atoms with Crippen LogP contribution in [0.4, 0.5) is 5.00 Å². The molecule has 0 bridgehead atoms. The predicted molar refractivity (Wildman–Crippen MR) is 96.4 cm³/mol. The third-order valence-electron chi connectivity index (χ3n) is 3.80. The average Bonchev–Trinajstić information content (AvgIpc) is 2.83. The number of carbonyl (C=O) groups is 2. The zero-order chi connectivity index (χ0) is 18.4. The zero-order valence-corrected chi connectivity index (χ0v) is 16.0. The first-order valence-electron chi connectivity index (χ1n) is 8.03. The second-order valence-corrected chi connectivity index (χ2v) is 8.62. The van der Waals surface area contributed by atoms with Crippen LogP contribution in [0.3, 0.4) is 0 Å². The number of nitrogens with one attached hydrogen (secondary N) is 1. The second-order valence-electron chi connectivity index (χ2n) is 5.72. The summed E-state index contributed by atoms with van der Waals surface area (Å²) >= 11 is 1.26. The first-order valence-corrected chi connectivity index (χ1v) is 10.8. The quantitative estimate of drug-likeness (QED) is 0.724. The third kappa shape index (κ3) is 5.77. The summed E-state index contributed by atoms with van der Waals surface area (Å²) in [6, 6.07) is 1.62. The maximum atomic E-state index is 12.3. The zero-order valence-electron chi connectivity index (χ0n) is 14.4. The van der Waals surface area contributed by atoms with Crippen molar-refractivity contribution >= 4 is 38.2 Å². The summed E-state index contributed by atoms with van der Waals surface area (Å²) in [4.78, 5) is 26.0. The second kappa shape index (κ2) is 8.75. The molecule has 2 heterocycles. The van der Waals surface area contributed by atoms with Gasteiger partial charge < -0.3 is 10.1 Å². The highest BCUT2D eigenvalue weighted by Crippen LogP contribution is 2.24. The Bertz CT molecular complexity index is 717. The highest BCUT2D eigenvalue weighted by atomic mass is 32.2. The van der Waals surface area contributed by atoms with Crippen molar-refractivity contribution in [3.8, 4) is 0 Å². The van der Waals surface area contributed by atoms with Crippen molar-refractivity contribution in [2.24, 2.45) is 0 Å². The smallest absolute Gasteiger partial charge is 0.341 e. The van der Waals surface area contributed by atoms with Gasteiger partial charge in [0.2, 0.25) is 15.9 Å². The van der Waals surface area contributed by atoms with Gasteiger partial charge >= 0.3 is 5.97 Å². The van der Waals surface area contributed by atoms with E-state index < -0.39 is 16.0 Å². The summed E-state index contributed by atoms with van der Waals surface area (Å²) in [5, 5.41) is 4.93. The Morgan fingerprint density at radius 3 is 2.72 bits per heavy atom.